The van der Waals surface area contributed by atoms with Gasteiger partial charge in [0, 0.05) is 48.8 Å². The molecule has 0 spiro atoms. The van der Waals surface area contributed by atoms with E-state index in [0.29, 0.717) is 5.69 Å². The smallest absolute Gasteiger partial charge is 0.271 e. The molecule has 126 valence electrons. The molecule has 1 aliphatic rings. The quantitative estimate of drug-likeness (QED) is 0.797. The SMILES string of the molecule is O=C(NC1CCN(c2ccnc3ccccc23)CC1)c1cnccn1. The molecule has 1 N–H and O–H groups in total. The van der Waals surface area contributed by atoms with Crippen LogP contribution >= 0.6 is 0 Å². The Morgan fingerprint density at radius 2 is 1.88 bits per heavy atom. The van der Waals surface area contributed by atoms with E-state index in [1.54, 1.807) is 6.20 Å². The van der Waals surface area contributed by atoms with Gasteiger partial charge >= 0.3 is 0 Å². The lowest BCUT2D eigenvalue weighted by Gasteiger charge is -2.34. The van der Waals surface area contributed by atoms with Gasteiger partial charge in [0.05, 0.1) is 11.7 Å². The number of carbonyl (C=O) groups is 1. The first-order chi connectivity index (χ1) is 12.3. The number of amides is 1. The highest BCUT2D eigenvalue weighted by Crippen LogP contribution is 2.27. The van der Waals surface area contributed by atoms with Crippen molar-refractivity contribution in [3.05, 3.63) is 60.8 Å². The molecule has 25 heavy (non-hydrogen) atoms. The molecule has 1 amide bonds. The Hall–Kier alpha value is -3.02. The highest BCUT2D eigenvalue weighted by Gasteiger charge is 2.22. The summed E-state index contributed by atoms with van der Waals surface area (Å²) in [6.07, 6.45) is 8.26. The molecule has 1 aliphatic heterocycles. The molecular weight excluding hydrogens is 314 g/mol. The Morgan fingerprint density at radius 3 is 2.68 bits per heavy atom. The molecule has 0 atom stereocenters. The Labute approximate surface area is 145 Å². The van der Waals surface area contributed by atoms with Crippen LogP contribution in [0.1, 0.15) is 23.3 Å². The molecule has 2 aromatic heterocycles. The van der Waals surface area contributed by atoms with Crippen molar-refractivity contribution in [2.75, 3.05) is 18.0 Å². The van der Waals surface area contributed by atoms with E-state index in [4.69, 9.17) is 0 Å². The normalized spacial score (nSPS) is 15.3. The number of anilines is 1. The molecule has 3 aromatic rings. The van der Waals surface area contributed by atoms with Crippen LogP contribution < -0.4 is 10.2 Å². The van der Waals surface area contributed by atoms with Crippen LogP contribution in [0.15, 0.2) is 55.1 Å². The van der Waals surface area contributed by atoms with Gasteiger partial charge in [0.25, 0.3) is 5.91 Å². The van der Waals surface area contributed by atoms with Gasteiger partial charge in [0.15, 0.2) is 0 Å². The second-order valence-corrected chi connectivity index (χ2v) is 6.17. The lowest BCUT2D eigenvalue weighted by molar-refractivity contribution is 0.0925. The first-order valence-electron chi connectivity index (χ1n) is 8.47. The van der Waals surface area contributed by atoms with Crippen molar-refractivity contribution < 1.29 is 4.79 Å². The van der Waals surface area contributed by atoms with E-state index in [1.165, 1.54) is 23.5 Å². The number of para-hydroxylation sites is 1. The topological polar surface area (TPSA) is 71.0 Å². The van der Waals surface area contributed by atoms with E-state index >= 15 is 0 Å². The van der Waals surface area contributed by atoms with E-state index in [-0.39, 0.29) is 11.9 Å². The van der Waals surface area contributed by atoms with E-state index in [2.05, 4.69) is 37.3 Å². The molecule has 3 heterocycles. The fourth-order valence-electron chi connectivity index (χ4n) is 3.30. The average molecular weight is 333 g/mol. The second kappa shape index (κ2) is 6.84. The molecule has 0 bridgehead atoms. The number of benzene rings is 1. The maximum atomic E-state index is 12.2. The lowest BCUT2D eigenvalue weighted by atomic mass is 10.0. The van der Waals surface area contributed by atoms with Crippen molar-refractivity contribution in [1.29, 1.82) is 0 Å². The van der Waals surface area contributed by atoms with Crippen LogP contribution in [0, 0.1) is 0 Å². The number of pyridine rings is 1. The first-order valence-corrected chi connectivity index (χ1v) is 8.47. The van der Waals surface area contributed by atoms with Crippen LogP contribution in [0.25, 0.3) is 10.9 Å². The minimum atomic E-state index is -0.152. The van der Waals surface area contributed by atoms with Crippen molar-refractivity contribution in [3.8, 4) is 0 Å². The first kappa shape index (κ1) is 15.5. The third-order valence-corrected chi connectivity index (χ3v) is 4.59. The number of hydrogen-bond acceptors (Lipinski definition) is 5. The van der Waals surface area contributed by atoms with Crippen LogP contribution in [0.5, 0.6) is 0 Å². The molecule has 0 unspecified atom stereocenters. The van der Waals surface area contributed by atoms with Crippen LogP contribution in [0.4, 0.5) is 5.69 Å². The van der Waals surface area contributed by atoms with Crippen LogP contribution in [-0.2, 0) is 0 Å². The fraction of sp³-hybridized carbons (Fsp3) is 0.263. The van der Waals surface area contributed by atoms with Gasteiger partial charge in [-0.2, -0.15) is 0 Å². The van der Waals surface area contributed by atoms with Gasteiger partial charge in [-0.1, -0.05) is 18.2 Å². The summed E-state index contributed by atoms with van der Waals surface area (Å²) in [7, 11) is 0. The van der Waals surface area contributed by atoms with Gasteiger partial charge in [-0.3, -0.25) is 14.8 Å². The van der Waals surface area contributed by atoms with Crippen LogP contribution in [-0.4, -0.2) is 40.0 Å². The molecule has 6 nitrogen and oxygen atoms in total. The predicted molar refractivity (Wildman–Crippen MR) is 96.5 cm³/mol. The third kappa shape index (κ3) is 3.28. The Kier molecular flexibility index (Phi) is 4.24. The molecule has 6 heteroatoms. The van der Waals surface area contributed by atoms with Gasteiger partial charge in [0.1, 0.15) is 5.69 Å². The van der Waals surface area contributed by atoms with Crippen molar-refractivity contribution >= 4 is 22.5 Å². The number of aromatic nitrogens is 3. The third-order valence-electron chi connectivity index (χ3n) is 4.59. The van der Waals surface area contributed by atoms with E-state index < -0.39 is 0 Å². The zero-order valence-electron chi connectivity index (χ0n) is 13.8. The maximum absolute atomic E-state index is 12.2. The summed E-state index contributed by atoms with van der Waals surface area (Å²) >= 11 is 0. The van der Waals surface area contributed by atoms with Crippen LogP contribution in [0.3, 0.4) is 0 Å². The average Bonchev–Trinajstić information content (AvgIpc) is 2.69. The minimum Gasteiger partial charge on any atom is -0.371 e. The Balaban J connectivity index is 1.42. The highest BCUT2D eigenvalue weighted by molar-refractivity contribution is 5.92. The number of carbonyl (C=O) groups excluding carboxylic acids is 1. The number of nitrogens with zero attached hydrogens (tertiary/aromatic N) is 4. The second-order valence-electron chi connectivity index (χ2n) is 6.17. The van der Waals surface area contributed by atoms with Crippen LogP contribution in [0.2, 0.25) is 0 Å². The Morgan fingerprint density at radius 1 is 1.04 bits per heavy atom. The summed E-state index contributed by atoms with van der Waals surface area (Å²) in [4.78, 5) is 27.0. The lowest BCUT2D eigenvalue weighted by Crippen LogP contribution is -2.45. The van der Waals surface area contributed by atoms with Crippen molar-refractivity contribution in [1.82, 2.24) is 20.3 Å². The van der Waals surface area contributed by atoms with Gasteiger partial charge in [0.2, 0.25) is 0 Å². The summed E-state index contributed by atoms with van der Waals surface area (Å²) < 4.78 is 0. The standard InChI is InChI=1S/C19H19N5O/c25-19(17-13-20-9-10-22-17)23-14-6-11-24(12-7-14)18-5-8-21-16-4-2-1-3-15(16)18/h1-5,8-10,13-14H,6-7,11-12H2,(H,23,25). The molecular formula is C19H19N5O. The van der Waals surface area contributed by atoms with Gasteiger partial charge in [-0.25, -0.2) is 4.98 Å². The van der Waals surface area contributed by atoms with E-state index in [1.807, 2.05) is 24.4 Å². The molecule has 0 saturated carbocycles. The summed E-state index contributed by atoms with van der Waals surface area (Å²) in [6, 6.07) is 10.4. The number of fused-ring (bicyclic) bond motifs is 1. The maximum Gasteiger partial charge on any atom is 0.271 e. The molecule has 0 aliphatic carbocycles. The zero-order chi connectivity index (χ0) is 17.1. The highest BCUT2D eigenvalue weighted by atomic mass is 16.1. The minimum absolute atomic E-state index is 0.152. The number of piperidine rings is 1. The zero-order valence-corrected chi connectivity index (χ0v) is 13.8. The van der Waals surface area contributed by atoms with Gasteiger partial charge in [-0.15, -0.1) is 0 Å². The summed E-state index contributed by atoms with van der Waals surface area (Å²) in [5.74, 6) is -0.152. The number of hydrogen-bond donors (Lipinski definition) is 1. The summed E-state index contributed by atoms with van der Waals surface area (Å²) in [5, 5.41) is 4.24. The molecule has 1 saturated heterocycles. The Bertz CT molecular complexity index is 870. The summed E-state index contributed by atoms with van der Waals surface area (Å²) in [6.45, 7) is 1.80. The monoisotopic (exact) mass is 333 g/mol. The molecule has 1 fully saturated rings. The summed E-state index contributed by atoms with van der Waals surface area (Å²) in [5.41, 5.74) is 2.59. The van der Waals surface area contributed by atoms with Gasteiger partial charge < -0.3 is 10.2 Å². The fourth-order valence-corrected chi connectivity index (χ4v) is 3.30. The molecule has 4 rings (SSSR count). The van der Waals surface area contributed by atoms with E-state index in [9.17, 15) is 4.79 Å². The predicted octanol–water partition coefficient (Wildman–Crippen LogP) is 2.42. The number of rotatable bonds is 3. The van der Waals surface area contributed by atoms with Crippen molar-refractivity contribution in [3.63, 3.8) is 0 Å². The largest absolute Gasteiger partial charge is 0.371 e. The number of nitrogens with one attached hydrogen (secondary N) is 1. The molecule has 0 radical (unpaired) electrons. The van der Waals surface area contributed by atoms with E-state index in [0.717, 1.165) is 31.4 Å². The van der Waals surface area contributed by atoms with Crippen molar-refractivity contribution in [2.24, 2.45) is 0 Å². The van der Waals surface area contributed by atoms with Crippen molar-refractivity contribution in [2.45, 2.75) is 18.9 Å². The van der Waals surface area contributed by atoms with Gasteiger partial charge in [-0.05, 0) is 25.0 Å². The molecule has 1 aromatic carbocycles.